The second-order valence-electron chi connectivity index (χ2n) is 5.89. The van der Waals surface area contributed by atoms with Crippen LogP contribution in [0, 0.1) is 6.92 Å². The van der Waals surface area contributed by atoms with Gasteiger partial charge in [-0.05, 0) is 48.6 Å². The number of nitrogens with one attached hydrogen (secondary N) is 2. The van der Waals surface area contributed by atoms with Crippen LogP contribution in [0.15, 0.2) is 42.5 Å². The van der Waals surface area contributed by atoms with Gasteiger partial charge in [0.05, 0.1) is 12.6 Å². The van der Waals surface area contributed by atoms with Gasteiger partial charge in [-0.1, -0.05) is 30.3 Å². The second kappa shape index (κ2) is 6.84. The summed E-state index contributed by atoms with van der Waals surface area (Å²) < 4.78 is 0. The summed E-state index contributed by atoms with van der Waals surface area (Å²) in [7, 11) is 0. The number of carbonyl (C=O) groups excluding carboxylic acids is 1. The van der Waals surface area contributed by atoms with Crippen molar-refractivity contribution in [3.05, 3.63) is 64.7 Å². The Balaban J connectivity index is 1.81. The van der Waals surface area contributed by atoms with Crippen molar-refractivity contribution in [2.24, 2.45) is 0 Å². The summed E-state index contributed by atoms with van der Waals surface area (Å²) in [6, 6.07) is 14.5. The summed E-state index contributed by atoms with van der Waals surface area (Å²) in [6.07, 6.45) is 2.16. The number of aliphatic hydroxyl groups is 1. The Bertz CT molecular complexity index is 712. The maximum atomic E-state index is 12.2. The Hall–Kier alpha value is -2.33. The molecule has 0 fully saturated rings. The molecule has 3 N–H and O–H groups in total. The van der Waals surface area contributed by atoms with Crippen LogP contribution in [-0.2, 0) is 6.42 Å². The number of anilines is 1. The first-order valence-corrected chi connectivity index (χ1v) is 8.03. The van der Waals surface area contributed by atoms with E-state index in [9.17, 15) is 4.79 Å². The van der Waals surface area contributed by atoms with Gasteiger partial charge in [-0.3, -0.25) is 4.79 Å². The van der Waals surface area contributed by atoms with E-state index in [2.05, 4.69) is 34.9 Å². The lowest BCUT2D eigenvalue weighted by atomic mass is 10.0. The Kier molecular flexibility index (Phi) is 4.63. The molecule has 0 saturated heterocycles. The van der Waals surface area contributed by atoms with Crippen molar-refractivity contribution in [1.82, 2.24) is 5.32 Å². The van der Waals surface area contributed by atoms with Crippen molar-refractivity contribution in [3.8, 4) is 0 Å². The Morgan fingerprint density at radius 1 is 1.22 bits per heavy atom. The Morgan fingerprint density at radius 2 is 2.04 bits per heavy atom. The second-order valence-corrected chi connectivity index (χ2v) is 5.89. The van der Waals surface area contributed by atoms with Crippen molar-refractivity contribution in [1.29, 1.82) is 0 Å². The number of hydrogen-bond acceptors (Lipinski definition) is 3. The maximum Gasteiger partial charge on any atom is 0.251 e. The topological polar surface area (TPSA) is 61.4 Å². The molecule has 1 aliphatic rings. The van der Waals surface area contributed by atoms with Crippen LogP contribution in [0.3, 0.4) is 0 Å². The smallest absolute Gasteiger partial charge is 0.251 e. The molecule has 4 heteroatoms. The third-order valence-electron chi connectivity index (χ3n) is 4.44. The molecule has 0 bridgehead atoms. The lowest BCUT2D eigenvalue weighted by molar-refractivity contribution is 0.0944. The molecule has 1 atom stereocenters. The van der Waals surface area contributed by atoms with Crippen molar-refractivity contribution in [3.63, 3.8) is 0 Å². The molecule has 0 spiro atoms. The Morgan fingerprint density at radius 3 is 2.87 bits per heavy atom. The highest BCUT2D eigenvalue weighted by molar-refractivity contribution is 5.97. The zero-order valence-electron chi connectivity index (χ0n) is 13.3. The summed E-state index contributed by atoms with van der Waals surface area (Å²) in [6.45, 7) is 2.17. The van der Waals surface area contributed by atoms with Crippen LogP contribution in [0.5, 0.6) is 0 Å². The van der Waals surface area contributed by atoms with E-state index >= 15 is 0 Å². The molecule has 1 amide bonds. The minimum atomic E-state index is -0.146. The number of amides is 1. The van der Waals surface area contributed by atoms with Gasteiger partial charge in [0.15, 0.2) is 0 Å². The maximum absolute atomic E-state index is 12.2. The third-order valence-corrected chi connectivity index (χ3v) is 4.44. The molecule has 0 saturated carbocycles. The van der Waals surface area contributed by atoms with Gasteiger partial charge in [-0.25, -0.2) is 0 Å². The number of aryl methyl sites for hydroxylation is 1. The quantitative estimate of drug-likeness (QED) is 0.796. The van der Waals surface area contributed by atoms with Gasteiger partial charge in [0.1, 0.15) is 0 Å². The standard InChI is InChI=1S/C19H22N2O2/c1-13-15(19(23)20-11-12-22)7-4-8-17(13)21-18-10-9-14-5-2-3-6-16(14)18/h2-8,18,21-22H,9-12H2,1H3,(H,20,23). The zero-order chi connectivity index (χ0) is 16.2. The van der Waals surface area contributed by atoms with Gasteiger partial charge >= 0.3 is 0 Å². The van der Waals surface area contributed by atoms with Crippen molar-refractivity contribution < 1.29 is 9.90 Å². The van der Waals surface area contributed by atoms with Crippen LogP contribution in [0.2, 0.25) is 0 Å². The fourth-order valence-electron chi connectivity index (χ4n) is 3.20. The lowest BCUT2D eigenvalue weighted by Crippen LogP contribution is -2.27. The molecule has 3 rings (SSSR count). The summed E-state index contributed by atoms with van der Waals surface area (Å²) in [4.78, 5) is 12.2. The third kappa shape index (κ3) is 3.22. The molecule has 4 nitrogen and oxygen atoms in total. The van der Waals surface area contributed by atoms with Crippen molar-refractivity contribution >= 4 is 11.6 Å². The summed E-state index contributed by atoms with van der Waals surface area (Å²) in [5.41, 5.74) is 5.33. The van der Waals surface area contributed by atoms with Crippen LogP contribution >= 0.6 is 0 Å². The number of benzene rings is 2. The normalized spacial score (nSPS) is 16.0. The van der Waals surface area contributed by atoms with E-state index < -0.39 is 0 Å². The van der Waals surface area contributed by atoms with E-state index in [1.165, 1.54) is 11.1 Å². The minimum Gasteiger partial charge on any atom is -0.395 e. The van der Waals surface area contributed by atoms with Gasteiger partial charge in [0.25, 0.3) is 5.91 Å². The molecule has 0 aromatic heterocycles. The summed E-state index contributed by atoms with van der Waals surface area (Å²) in [5, 5.41) is 15.1. The molecule has 0 radical (unpaired) electrons. The van der Waals surface area contributed by atoms with Crippen LogP contribution in [0.1, 0.15) is 39.5 Å². The minimum absolute atomic E-state index is 0.0540. The van der Waals surface area contributed by atoms with Gasteiger partial charge in [0.2, 0.25) is 0 Å². The van der Waals surface area contributed by atoms with Gasteiger partial charge in [0, 0.05) is 17.8 Å². The highest BCUT2D eigenvalue weighted by Crippen LogP contribution is 2.34. The predicted octanol–water partition coefficient (Wildman–Crippen LogP) is 2.82. The Labute approximate surface area is 136 Å². The number of carbonyl (C=O) groups is 1. The fraction of sp³-hybridized carbons (Fsp3) is 0.316. The van der Waals surface area contributed by atoms with E-state index in [0.717, 1.165) is 24.1 Å². The van der Waals surface area contributed by atoms with Crippen molar-refractivity contribution in [2.75, 3.05) is 18.5 Å². The van der Waals surface area contributed by atoms with Crippen LogP contribution < -0.4 is 10.6 Å². The van der Waals surface area contributed by atoms with E-state index in [0.29, 0.717) is 11.6 Å². The SMILES string of the molecule is Cc1c(NC2CCc3ccccc32)cccc1C(=O)NCCO. The fourth-order valence-corrected chi connectivity index (χ4v) is 3.20. The number of fused-ring (bicyclic) bond motifs is 1. The number of rotatable bonds is 5. The average Bonchev–Trinajstić information content (AvgIpc) is 2.98. The van der Waals surface area contributed by atoms with E-state index in [1.54, 1.807) is 0 Å². The average molecular weight is 310 g/mol. The number of hydrogen-bond donors (Lipinski definition) is 3. The molecule has 1 unspecified atom stereocenters. The first kappa shape index (κ1) is 15.6. The molecule has 0 heterocycles. The van der Waals surface area contributed by atoms with Crippen molar-refractivity contribution in [2.45, 2.75) is 25.8 Å². The largest absolute Gasteiger partial charge is 0.395 e. The summed E-state index contributed by atoms with van der Waals surface area (Å²) in [5.74, 6) is -0.146. The van der Waals surface area contributed by atoms with E-state index in [-0.39, 0.29) is 19.1 Å². The van der Waals surface area contributed by atoms with Gasteiger partial charge in [-0.2, -0.15) is 0 Å². The van der Waals surface area contributed by atoms with Crippen LogP contribution in [0.4, 0.5) is 5.69 Å². The molecular formula is C19H22N2O2. The molecule has 1 aliphatic carbocycles. The molecule has 2 aromatic rings. The first-order valence-electron chi connectivity index (χ1n) is 8.03. The molecule has 2 aromatic carbocycles. The highest BCUT2D eigenvalue weighted by Gasteiger charge is 2.22. The van der Waals surface area contributed by atoms with Gasteiger partial charge in [-0.15, -0.1) is 0 Å². The number of aliphatic hydroxyl groups excluding tert-OH is 1. The zero-order valence-corrected chi connectivity index (χ0v) is 13.3. The monoisotopic (exact) mass is 310 g/mol. The lowest BCUT2D eigenvalue weighted by Gasteiger charge is -2.19. The van der Waals surface area contributed by atoms with Gasteiger partial charge < -0.3 is 15.7 Å². The van der Waals surface area contributed by atoms with E-state index in [1.807, 2.05) is 25.1 Å². The molecule has 23 heavy (non-hydrogen) atoms. The summed E-state index contributed by atoms with van der Waals surface area (Å²) >= 11 is 0. The van der Waals surface area contributed by atoms with Crippen LogP contribution in [0.25, 0.3) is 0 Å². The molecular weight excluding hydrogens is 288 g/mol. The molecule has 120 valence electrons. The predicted molar refractivity (Wildman–Crippen MR) is 91.7 cm³/mol. The molecule has 0 aliphatic heterocycles. The van der Waals surface area contributed by atoms with E-state index in [4.69, 9.17) is 5.11 Å². The van der Waals surface area contributed by atoms with Crippen LogP contribution in [-0.4, -0.2) is 24.2 Å². The highest BCUT2D eigenvalue weighted by atomic mass is 16.3. The first-order chi connectivity index (χ1) is 11.2.